The van der Waals surface area contributed by atoms with Crippen molar-refractivity contribution in [2.45, 2.75) is 31.4 Å². The molecule has 0 aliphatic carbocycles. The van der Waals surface area contributed by atoms with E-state index in [2.05, 4.69) is 26.6 Å². The standard InChI is InChI=1S/C17H23BrN2O3S/c1-24-10-8-15(17(22)19-11-12-5-4-9-23-12)20-16(21)13-6-2-3-7-14(13)18/h2-3,6-7,12,15H,4-5,8-11H2,1H3,(H,19,22)(H,20,21)/t12-,15-/m1/s1. The molecule has 5 nitrogen and oxygen atoms in total. The Morgan fingerprint density at radius 3 is 2.88 bits per heavy atom. The second kappa shape index (κ2) is 10.1. The Kier molecular flexibility index (Phi) is 8.08. The molecule has 0 bridgehead atoms. The van der Waals surface area contributed by atoms with E-state index in [1.165, 1.54) is 0 Å². The van der Waals surface area contributed by atoms with Crippen LogP contribution in [0.3, 0.4) is 0 Å². The van der Waals surface area contributed by atoms with Crippen molar-refractivity contribution in [3.8, 4) is 0 Å². The van der Waals surface area contributed by atoms with E-state index in [9.17, 15) is 9.59 Å². The van der Waals surface area contributed by atoms with E-state index in [1.807, 2.05) is 18.4 Å². The molecule has 0 saturated carbocycles. The van der Waals surface area contributed by atoms with Crippen LogP contribution in [0.5, 0.6) is 0 Å². The Morgan fingerprint density at radius 2 is 2.21 bits per heavy atom. The van der Waals surface area contributed by atoms with Gasteiger partial charge in [-0.15, -0.1) is 0 Å². The van der Waals surface area contributed by atoms with Crippen molar-refractivity contribution in [1.82, 2.24) is 10.6 Å². The number of hydrogen-bond donors (Lipinski definition) is 2. The fraction of sp³-hybridized carbons (Fsp3) is 0.529. The Balaban J connectivity index is 1.94. The molecule has 0 radical (unpaired) electrons. The van der Waals surface area contributed by atoms with Gasteiger partial charge in [-0.2, -0.15) is 11.8 Å². The molecule has 1 aliphatic heterocycles. The zero-order valence-electron chi connectivity index (χ0n) is 13.7. The molecule has 2 N–H and O–H groups in total. The van der Waals surface area contributed by atoms with Crippen LogP contribution in [-0.2, 0) is 9.53 Å². The largest absolute Gasteiger partial charge is 0.376 e. The molecule has 0 unspecified atom stereocenters. The topological polar surface area (TPSA) is 67.4 Å². The van der Waals surface area contributed by atoms with E-state index in [4.69, 9.17) is 4.74 Å². The van der Waals surface area contributed by atoms with Gasteiger partial charge in [0.25, 0.3) is 5.91 Å². The van der Waals surface area contributed by atoms with Crippen molar-refractivity contribution in [3.63, 3.8) is 0 Å². The average molecular weight is 415 g/mol. The van der Waals surface area contributed by atoms with Gasteiger partial charge in [0.05, 0.1) is 11.7 Å². The highest BCUT2D eigenvalue weighted by Crippen LogP contribution is 2.16. The molecule has 2 atom stereocenters. The van der Waals surface area contributed by atoms with Crippen molar-refractivity contribution in [3.05, 3.63) is 34.3 Å². The number of rotatable bonds is 8. The number of carbonyl (C=O) groups excluding carboxylic acids is 2. The summed E-state index contributed by atoms with van der Waals surface area (Å²) in [5.41, 5.74) is 0.526. The van der Waals surface area contributed by atoms with Crippen molar-refractivity contribution in [1.29, 1.82) is 0 Å². The molecule has 7 heteroatoms. The molecule has 1 aromatic rings. The number of nitrogens with one attached hydrogen (secondary N) is 2. The van der Waals surface area contributed by atoms with Gasteiger partial charge in [-0.3, -0.25) is 9.59 Å². The van der Waals surface area contributed by atoms with Gasteiger partial charge in [-0.1, -0.05) is 12.1 Å². The molecular formula is C17H23BrN2O3S. The Hall–Kier alpha value is -1.05. The third-order valence-corrected chi connectivity index (χ3v) is 5.21. The van der Waals surface area contributed by atoms with Crippen molar-refractivity contribution >= 4 is 39.5 Å². The number of ether oxygens (including phenoxy) is 1. The predicted molar refractivity (Wildman–Crippen MR) is 100 cm³/mol. The van der Waals surface area contributed by atoms with Gasteiger partial charge < -0.3 is 15.4 Å². The number of carbonyl (C=O) groups is 2. The van der Waals surface area contributed by atoms with Crippen LogP contribution in [0.15, 0.2) is 28.7 Å². The average Bonchev–Trinajstić information content (AvgIpc) is 3.10. The van der Waals surface area contributed by atoms with Gasteiger partial charge in [0.2, 0.25) is 5.91 Å². The number of hydrogen-bond acceptors (Lipinski definition) is 4. The Morgan fingerprint density at radius 1 is 1.42 bits per heavy atom. The highest BCUT2D eigenvalue weighted by atomic mass is 79.9. The van der Waals surface area contributed by atoms with Crippen LogP contribution in [0, 0.1) is 0 Å². The fourth-order valence-electron chi connectivity index (χ4n) is 2.53. The number of benzene rings is 1. The minimum atomic E-state index is -0.543. The molecule has 0 aromatic heterocycles. The first kappa shape index (κ1) is 19.3. The summed E-state index contributed by atoms with van der Waals surface area (Å²) in [6.45, 7) is 1.26. The van der Waals surface area contributed by atoms with Crippen LogP contribution in [0.1, 0.15) is 29.6 Å². The van der Waals surface area contributed by atoms with Gasteiger partial charge in [0.1, 0.15) is 6.04 Å². The molecule has 1 aliphatic rings. The molecule has 132 valence electrons. The minimum absolute atomic E-state index is 0.0918. The van der Waals surface area contributed by atoms with Crippen LogP contribution in [0.25, 0.3) is 0 Å². The molecule has 1 saturated heterocycles. The number of halogens is 1. The van der Waals surface area contributed by atoms with Crippen LogP contribution in [0.4, 0.5) is 0 Å². The highest BCUT2D eigenvalue weighted by Gasteiger charge is 2.23. The normalized spacial score (nSPS) is 18.2. The van der Waals surface area contributed by atoms with Gasteiger partial charge in [0, 0.05) is 17.6 Å². The van der Waals surface area contributed by atoms with E-state index in [-0.39, 0.29) is 17.9 Å². The zero-order valence-corrected chi connectivity index (χ0v) is 16.1. The van der Waals surface area contributed by atoms with Gasteiger partial charge in [0.15, 0.2) is 0 Å². The molecule has 2 rings (SSSR count). The molecular weight excluding hydrogens is 392 g/mol. The van der Waals surface area contributed by atoms with Crippen LogP contribution < -0.4 is 10.6 Å². The summed E-state index contributed by atoms with van der Waals surface area (Å²) < 4.78 is 6.23. The lowest BCUT2D eigenvalue weighted by Gasteiger charge is -2.20. The van der Waals surface area contributed by atoms with Gasteiger partial charge in [-0.05, 0) is 59.3 Å². The minimum Gasteiger partial charge on any atom is -0.376 e. The van der Waals surface area contributed by atoms with Crippen LogP contribution >= 0.6 is 27.7 Å². The highest BCUT2D eigenvalue weighted by molar-refractivity contribution is 9.10. The van der Waals surface area contributed by atoms with E-state index in [0.717, 1.165) is 25.2 Å². The lowest BCUT2D eigenvalue weighted by Crippen LogP contribution is -2.48. The van der Waals surface area contributed by atoms with Crippen molar-refractivity contribution in [2.24, 2.45) is 0 Å². The second-order valence-corrected chi connectivity index (χ2v) is 7.51. The molecule has 0 spiro atoms. The maximum Gasteiger partial charge on any atom is 0.253 e. The number of thioether (sulfide) groups is 1. The summed E-state index contributed by atoms with van der Waals surface area (Å²) in [6, 6.07) is 6.64. The van der Waals surface area contributed by atoms with Gasteiger partial charge >= 0.3 is 0 Å². The summed E-state index contributed by atoms with van der Waals surface area (Å²) >= 11 is 5.02. The van der Waals surface area contributed by atoms with Gasteiger partial charge in [-0.25, -0.2) is 0 Å². The second-order valence-electron chi connectivity index (χ2n) is 5.67. The fourth-order valence-corrected chi connectivity index (χ4v) is 3.47. The van der Waals surface area contributed by atoms with E-state index >= 15 is 0 Å². The summed E-state index contributed by atoms with van der Waals surface area (Å²) in [7, 11) is 0. The molecule has 24 heavy (non-hydrogen) atoms. The van der Waals surface area contributed by atoms with E-state index < -0.39 is 6.04 Å². The third kappa shape index (κ3) is 5.79. The first-order chi connectivity index (χ1) is 11.6. The Bertz CT molecular complexity index is 565. The monoisotopic (exact) mass is 414 g/mol. The maximum absolute atomic E-state index is 12.5. The summed E-state index contributed by atoms with van der Waals surface area (Å²) in [4.78, 5) is 24.9. The lowest BCUT2D eigenvalue weighted by atomic mass is 10.1. The molecule has 1 fully saturated rings. The molecule has 1 aromatic carbocycles. The summed E-state index contributed by atoms with van der Waals surface area (Å²) in [5.74, 6) is 0.398. The summed E-state index contributed by atoms with van der Waals surface area (Å²) in [6.07, 6.45) is 4.68. The lowest BCUT2D eigenvalue weighted by molar-refractivity contribution is -0.123. The third-order valence-electron chi connectivity index (χ3n) is 3.88. The Labute approximate surface area is 155 Å². The summed E-state index contributed by atoms with van der Waals surface area (Å²) in [5, 5.41) is 5.75. The van der Waals surface area contributed by atoms with Crippen molar-refractivity contribution in [2.75, 3.05) is 25.2 Å². The molecule has 1 heterocycles. The number of amides is 2. The quantitative estimate of drug-likeness (QED) is 0.685. The zero-order chi connectivity index (χ0) is 17.4. The van der Waals surface area contributed by atoms with Crippen molar-refractivity contribution < 1.29 is 14.3 Å². The van der Waals surface area contributed by atoms with E-state index in [0.29, 0.717) is 23.0 Å². The maximum atomic E-state index is 12.5. The SMILES string of the molecule is CSCC[C@@H](NC(=O)c1ccccc1Br)C(=O)NC[C@H]1CCCO1. The van der Waals surface area contributed by atoms with Crippen LogP contribution in [0.2, 0.25) is 0 Å². The van der Waals surface area contributed by atoms with Crippen LogP contribution in [-0.4, -0.2) is 49.1 Å². The smallest absolute Gasteiger partial charge is 0.253 e. The first-order valence-corrected chi connectivity index (χ1v) is 10.2. The predicted octanol–water partition coefficient (Wildman–Crippen LogP) is 2.60. The first-order valence-electron chi connectivity index (χ1n) is 8.05. The molecule has 2 amide bonds. The van der Waals surface area contributed by atoms with E-state index in [1.54, 1.807) is 23.9 Å².